The lowest BCUT2D eigenvalue weighted by Crippen LogP contribution is -2.27. The highest BCUT2D eigenvalue weighted by Gasteiger charge is 2.10. The average Bonchev–Trinajstić information content (AvgIpc) is 2.63. The highest BCUT2D eigenvalue weighted by molar-refractivity contribution is 5.93. The van der Waals surface area contributed by atoms with E-state index >= 15 is 0 Å². The zero-order valence-corrected chi connectivity index (χ0v) is 14.4. The number of benzene rings is 2. The number of aryl methyl sites for hydroxylation is 1. The number of amides is 1. The van der Waals surface area contributed by atoms with Crippen molar-refractivity contribution in [2.24, 2.45) is 0 Å². The number of anilines is 2. The lowest BCUT2D eigenvalue weighted by atomic mass is 10.1. The van der Waals surface area contributed by atoms with Crippen LogP contribution in [0.4, 0.5) is 15.9 Å². The maximum Gasteiger partial charge on any atom is 0.270 e. The van der Waals surface area contributed by atoms with E-state index in [0.717, 1.165) is 11.3 Å². The van der Waals surface area contributed by atoms with Gasteiger partial charge in [0, 0.05) is 18.3 Å². The van der Waals surface area contributed by atoms with Crippen molar-refractivity contribution in [1.82, 2.24) is 15.3 Å². The van der Waals surface area contributed by atoms with Crippen molar-refractivity contribution in [2.75, 3.05) is 11.9 Å². The summed E-state index contributed by atoms with van der Waals surface area (Å²) in [6.45, 7) is 2.18. The Balaban J connectivity index is 1.62. The number of carbonyl (C=O) groups is 1. The van der Waals surface area contributed by atoms with Crippen LogP contribution in [-0.4, -0.2) is 22.4 Å². The average molecular weight is 350 g/mol. The molecule has 1 amide bonds. The fourth-order valence-electron chi connectivity index (χ4n) is 2.48. The molecule has 2 aromatic carbocycles. The number of hydrogen-bond donors (Lipinski definition) is 2. The van der Waals surface area contributed by atoms with E-state index in [0.29, 0.717) is 30.3 Å². The van der Waals surface area contributed by atoms with Crippen LogP contribution in [0.5, 0.6) is 0 Å². The molecular weight excluding hydrogens is 331 g/mol. The summed E-state index contributed by atoms with van der Waals surface area (Å²) in [7, 11) is 0. The van der Waals surface area contributed by atoms with Crippen molar-refractivity contribution < 1.29 is 9.18 Å². The van der Waals surface area contributed by atoms with Gasteiger partial charge in [0.2, 0.25) is 0 Å². The lowest BCUT2D eigenvalue weighted by molar-refractivity contribution is 0.0949. The minimum Gasteiger partial charge on any atom is -0.350 e. The van der Waals surface area contributed by atoms with Crippen LogP contribution in [0.2, 0.25) is 0 Å². The van der Waals surface area contributed by atoms with Gasteiger partial charge in [-0.3, -0.25) is 4.79 Å². The first kappa shape index (κ1) is 17.5. The van der Waals surface area contributed by atoms with Gasteiger partial charge in [-0.25, -0.2) is 14.4 Å². The SMILES string of the molecule is Cc1nc(Nc2ccccc2)cc(C(=O)NCCc2ccc(F)cc2)n1. The Hall–Kier alpha value is -3.28. The molecular formula is C20H19FN4O. The van der Waals surface area contributed by atoms with Crippen molar-refractivity contribution in [1.29, 1.82) is 0 Å². The molecule has 6 heteroatoms. The largest absolute Gasteiger partial charge is 0.350 e. The van der Waals surface area contributed by atoms with Crippen LogP contribution in [0.1, 0.15) is 21.9 Å². The molecule has 0 bridgehead atoms. The zero-order valence-electron chi connectivity index (χ0n) is 14.4. The molecule has 0 radical (unpaired) electrons. The van der Waals surface area contributed by atoms with Gasteiger partial charge < -0.3 is 10.6 Å². The summed E-state index contributed by atoms with van der Waals surface area (Å²) in [6, 6.07) is 17.4. The number of aromatic nitrogens is 2. The normalized spacial score (nSPS) is 10.4. The molecule has 3 aromatic rings. The fourth-order valence-corrected chi connectivity index (χ4v) is 2.48. The van der Waals surface area contributed by atoms with Crippen LogP contribution < -0.4 is 10.6 Å². The van der Waals surface area contributed by atoms with E-state index in [1.165, 1.54) is 12.1 Å². The number of carbonyl (C=O) groups excluding carboxylic acids is 1. The van der Waals surface area contributed by atoms with Gasteiger partial charge in [0.1, 0.15) is 23.2 Å². The second kappa shape index (κ2) is 8.20. The molecule has 0 spiro atoms. The Morgan fingerprint density at radius 3 is 2.50 bits per heavy atom. The first-order chi connectivity index (χ1) is 12.6. The maximum atomic E-state index is 12.9. The lowest BCUT2D eigenvalue weighted by Gasteiger charge is -2.09. The number of nitrogens with one attached hydrogen (secondary N) is 2. The Kier molecular flexibility index (Phi) is 5.53. The summed E-state index contributed by atoms with van der Waals surface area (Å²) in [5.41, 5.74) is 2.14. The maximum absolute atomic E-state index is 12.9. The molecule has 0 unspecified atom stereocenters. The predicted octanol–water partition coefficient (Wildman–Crippen LogP) is 3.64. The van der Waals surface area contributed by atoms with Crippen molar-refractivity contribution in [3.8, 4) is 0 Å². The van der Waals surface area contributed by atoms with Crippen LogP contribution in [0.3, 0.4) is 0 Å². The van der Waals surface area contributed by atoms with E-state index in [9.17, 15) is 9.18 Å². The summed E-state index contributed by atoms with van der Waals surface area (Å²) in [4.78, 5) is 20.9. The minimum absolute atomic E-state index is 0.270. The highest BCUT2D eigenvalue weighted by atomic mass is 19.1. The summed E-state index contributed by atoms with van der Waals surface area (Å²) in [6.07, 6.45) is 0.616. The minimum atomic E-state index is -0.271. The number of hydrogen-bond acceptors (Lipinski definition) is 4. The Morgan fingerprint density at radius 1 is 1.04 bits per heavy atom. The topological polar surface area (TPSA) is 66.9 Å². The molecule has 0 aliphatic rings. The van der Waals surface area contributed by atoms with E-state index in [1.807, 2.05) is 30.3 Å². The molecule has 0 atom stereocenters. The van der Waals surface area contributed by atoms with Crippen LogP contribution in [0, 0.1) is 12.7 Å². The highest BCUT2D eigenvalue weighted by Crippen LogP contribution is 2.15. The third-order valence-electron chi connectivity index (χ3n) is 3.73. The van der Waals surface area contributed by atoms with Gasteiger partial charge in [0.25, 0.3) is 5.91 Å². The standard InChI is InChI=1S/C20H19FN4O/c1-14-23-18(13-19(24-14)25-17-5-3-2-4-6-17)20(26)22-12-11-15-7-9-16(21)10-8-15/h2-10,13H,11-12H2,1H3,(H,22,26)(H,23,24,25). The molecule has 5 nitrogen and oxygen atoms in total. The number of rotatable bonds is 6. The van der Waals surface area contributed by atoms with Crippen molar-refractivity contribution in [3.05, 3.63) is 83.6 Å². The molecule has 132 valence electrons. The first-order valence-corrected chi connectivity index (χ1v) is 8.30. The van der Waals surface area contributed by atoms with Crippen LogP contribution >= 0.6 is 0 Å². The van der Waals surface area contributed by atoms with Gasteiger partial charge in [-0.05, 0) is 43.2 Å². The molecule has 1 aromatic heterocycles. The van der Waals surface area contributed by atoms with E-state index in [2.05, 4.69) is 20.6 Å². The van der Waals surface area contributed by atoms with Gasteiger partial charge in [0.05, 0.1) is 0 Å². The molecule has 0 saturated carbocycles. The van der Waals surface area contributed by atoms with Gasteiger partial charge >= 0.3 is 0 Å². The van der Waals surface area contributed by atoms with E-state index < -0.39 is 0 Å². The first-order valence-electron chi connectivity index (χ1n) is 8.30. The van der Waals surface area contributed by atoms with E-state index in [1.54, 1.807) is 25.1 Å². The molecule has 0 aliphatic heterocycles. The fraction of sp³-hybridized carbons (Fsp3) is 0.150. The summed E-state index contributed by atoms with van der Waals surface area (Å²) in [5, 5.41) is 5.99. The molecule has 0 saturated heterocycles. The molecule has 0 aliphatic carbocycles. The predicted molar refractivity (Wildman–Crippen MR) is 98.9 cm³/mol. The third kappa shape index (κ3) is 4.86. The Labute approximate surface area is 151 Å². The second-order valence-corrected chi connectivity index (χ2v) is 5.81. The second-order valence-electron chi connectivity index (χ2n) is 5.81. The molecule has 3 rings (SSSR count). The number of nitrogens with zero attached hydrogens (tertiary/aromatic N) is 2. The van der Waals surface area contributed by atoms with Gasteiger partial charge in [-0.1, -0.05) is 30.3 Å². The molecule has 2 N–H and O–H groups in total. The number of para-hydroxylation sites is 1. The molecule has 1 heterocycles. The Morgan fingerprint density at radius 2 is 1.77 bits per heavy atom. The van der Waals surface area contributed by atoms with E-state index in [-0.39, 0.29) is 11.7 Å². The van der Waals surface area contributed by atoms with Crippen LogP contribution in [-0.2, 0) is 6.42 Å². The monoisotopic (exact) mass is 350 g/mol. The summed E-state index contributed by atoms with van der Waals surface area (Å²) >= 11 is 0. The van der Waals surface area contributed by atoms with Gasteiger partial charge in [0.15, 0.2) is 0 Å². The van der Waals surface area contributed by atoms with Gasteiger partial charge in [-0.15, -0.1) is 0 Å². The zero-order chi connectivity index (χ0) is 18.4. The third-order valence-corrected chi connectivity index (χ3v) is 3.73. The summed E-state index contributed by atoms with van der Waals surface area (Å²) in [5.74, 6) is 0.531. The molecule has 26 heavy (non-hydrogen) atoms. The van der Waals surface area contributed by atoms with Crippen molar-refractivity contribution >= 4 is 17.4 Å². The van der Waals surface area contributed by atoms with Crippen molar-refractivity contribution in [2.45, 2.75) is 13.3 Å². The summed E-state index contributed by atoms with van der Waals surface area (Å²) < 4.78 is 12.9. The van der Waals surface area contributed by atoms with Crippen LogP contribution in [0.15, 0.2) is 60.7 Å². The molecule has 0 fully saturated rings. The van der Waals surface area contributed by atoms with Crippen molar-refractivity contribution in [3.63, 3.8) is 0 Å². The van der Waals surface area contributed by atoms with Gasteiger partial charge in [-0.2, -0.15) is 0 Å². The Bertz CT molecular complexity index is 882. The van der Waals surface area contributed by atoms with E-state index in [4.69, 9.17) is 0 Å². The van der Waals surface area contributed by atoms with Crippen LogP contribution in [0.25, 0.3) is 0 Å². The number of halogens is 1. The quantitative estimate of drug-likeness (QED) is 0.712. The smallest absolute Gasteiger partial charge is 0.270 e.